The molecule has 2 aromatic heterocycles. The number of furan rings is 1. The smallest absolute Gasteiger partial charge is 0.136 e. The van der Waals surface area contributed by atoms with E-state index in [1.165, 1.54) is 54.8 Å². The van der Waals surface area contributed by atoms with Gasteiger partial charge < -0.3 is 8.98 Å². The van der Waals surface area contributed by atoms with Gasteiger partial charge in [0.15, 0.2) is 0 Å². The second-order valence-electron chi connectivity index (χ2n) is 11.0. The van der Waals surface area contributed by atoms with E-state index in [9.17, 15) is 0 Å². The predicted molar refractivity (Wildman–Crippen MR) is 176 cm³/mol. The van der Waals surface area contributed by atoms with E-state index in [1.54, 1.807) is 0 Å². The van der Waals surface area contributed by atoms with Crippen molar-refractivity contribution in [1.82, 2.24) is 4.57 Å². The van der Waals surface area contributed by atoms with E-state index in [0.29, 0.717) is 0 Å². The molecule has 0 atom stereocenters. The fourth-order valence-corrected chi connectivity index (χ4v) is 6.62. The van der Waals surface area contributed by atoms with Crippen molar-refractivity contribution in [1.29, 1.82) is 0 Å². The first kappa shape index (κ1) is 23.1. The van der Waals surface area contributed by atoms with Crippen molar-refractivity contribution in [3.63, 3.8) is 0 Å². The molecule has 0 aliphatic heterocycles. The predicted octanol–water partition coefficient (Wildman–Crippen LogP) is 11.2. The average Bonchev–Trinajstić information content (AvgIpc) is 3.60. The van der Waals surface area contributed by atoms with Crippen LogP contribution in [0.15, 0.2) is 156 Å². The highest BCUT2D eigenvalue weighted by Crippen LogP contribution is 2.41. The molecule has 9 rings (SSSR count). The summed E-state index contributed by atoms with van der Waals surface area (Å²) in [6.07, 6.45) is 0. The van der Waals surface area contributed by atoms with Crippen molar-refractivity contribution < 1.29 is 4.42 Å². The quantitative estimate of drug-likeness (QED) is 0.220. The lowest BCUT2D eigenvalue weighted by Gasteiger charge is -2.14. The van der Waals surface area contributed by atoms with Crippen molar-refractivity contribution in [3.8, 4) is 27.9 Å². The summed E-state index contributed by atoms with van der Waals surface area (Å²) in [7, 11) is 0. The third-order valence-corrected chi connectivity index (χ3v) is 8.54. The number of benzene rings is 7. The topological polar surface area (TPSA) is 18.1 Å². The Kier molecular flexibility index (Phi) is 4.93. The number of hydrogen-bond acceptors (Lipinski definition) is 1. The summed E-state index contributed by atoms with van der Waals surface area (Å²) < 4.78 is 8.76. The summed E-state index contributed by atoms with van der Waals surface area (Å²) in [4.78, 5) is 0. The SMILES string of the molecule is c1ccc(-c2cc(-c3ccccc3)cc(-n3c4ccccc4c4c5cc6oc7ccccc7c6cc5ccc43)c2)cc1. The maximum absolute atomic E-state index is 6.34. The van der Waals surface area contributed by atoms with Gasteiger partial charge in [-0.05, 0) is 81.6 Å². The lowest BCUT2D eigenvalue weighted by Crippen LogP contribution is -1.96. The van der Waals surface area contributed by atoms with Gasteiger partial charge in [-0.2, -0.15) is 0 Å². The number of rotatable bonds is 3. The van der Waals surface area contributed by atoms with Gasteiger partial charge in [-0.15, -0.1) is 0 Å². The Hall–Kier alpha value is -5.60. The van der Waals surface area contributed by atoms with Gasteiger partial charge in [0.05, 0.1) is 11.0 Å². The molecule has 0 fully saturated rings. The maximum atomic E-state index is 6.34. The lowest BCUT2D eigenvalue weighted by atomic mass is 9.98. The molecule has 0 N–H and O–H groups in total. The summed E-state index contributed by atoms with van der Waals surface area (Å²) in [5, 5.41) is 7.22. The van der Waals surface area contributed by atoms with Crippen molar-refractivity contribution in [2.45, 2.75) is 0 Å². The molecule has 9 aromatic rings. The van der Waals surface area contributed by atoms with Gasteiger partial charge in [0.2, 0.25) is 0 Å². The molecule has 7 aromatic carbocycles. The summed E-state index contributed by atoms with van der Waals surface area (Å²) in [5.74, 6) is 0. The van der Waals surface area contributed by atoms with Gasteiger partial charge in [0.25, 0.3) is 0 Å². The Morgan fingerprint density at radius 3 is 1.76 bits per heavy atom. The number of nitrogens with zero attached hydrogens (tertiary/aromatic N) is 1. The third-order valence-electron chi connectivity index (χ3n) is 8.54. The Balaban J connectivity index is 1.38. The zero-order chi connectivity index (χ0) is 27.6. The van der Waals surface area contributed by atoms with Crippen LogP contribution >= 0.6 is 0 Å². The van der Waals surface area contributed by atoms with Gasteiger partial charge in [-0.3, -0.25) is 0 Å². The van der Waals surface area contributed by atoms with Crippen LogP contribution in [0.2, 0.25) is 0 Å². The normalized spacial score (nSPS) is 11.8. The number of para-hydroxylation sites is 2. The summed E-state index contributed by atoms with van der Waals surface area (Å²) in [6, 6.07) is 54.4. The Labute approximate surface area is 242 Å². The fraction of sp³-hybridized carbons (Fsp3) is 0. The van der Waals surface area contributed by atoms with E-state index in [2.05, 4.69) is 144 Å². The molecule has 0 radical (unpaired) electrons. The monoisotopic (exact) mass is 535 g/mol. The van der Waals surface area contributed by atoms with Crippen LogP contribution in [-0.2, 0) is 0 Å². The van der Waals surface area contributed by atoms with E-state index in [0.717, 1.165) is 27.6 Å². The van der Waals surface area contributed by atoms with Crippen LogP contribution < -0.4 is 0 Å². The van der Waals surface area contributed by atoms with E-state index < -0.39 is 0 Å². The molecule has 0 aliphatic rings. The molecule has 2 nitrogen and oxygen atoms in total. The molecule has 0 saturated carbocycles. The van der Waals surface area contributed by atoms with Crippen LogP contribution in [0, 0.1) is 0 Å². The van der Waals surface area contributed by atoms with E-state index in [4.69, 9.17) is 4.42 Å². The number of fused-ring (bicyclic) bond motifs is 8. The molecule has 42 heavy (non-hydrogen) atoms. The molecular formula is C40H25NO. The molecule has 2 heteroatoms. The van der Waals surface area contributed by atoms with Crippen LogP contribution in [0.25, 0.3) is 82.5 Å². The first-order valence-corrected chi connectivity index (χ1v) is 14.4. The fourth-order valence-electron chi connectivity index (χ4n) is 6.62. The maximum Gasteiger partial charge on any atom is 0.136 e. The summed E-state index contributed by atoms with van der Waals surface area (Å²) >= 11 is 0. The molecular weight excluding hydrogens is 510 g/mol. The molecule has 0 bridgehead atoms. The van der Waals surface area contributed by atoms with Gasteiger partial charge >= 0.3 is 0 Å². The summed E-state index contributed by atoms with van der Waals surface area (Å²) in [5.41, 5.74) is 10.2. The van der Waals surface area contributed by atoms with Crippen molar-refractivity contribution in [2.75, 3.05) is 0 Å². The number of hydrogen-bond donors (Lipinski definition) is 0. The van der Waals surface area contributed by atoms with Crippen LogP contribution in [0.4, 0.5) is 0 Å². The zero-order valence-corrected chi connectivity index (χ0v) is 22.8. The molecule has 0 amide bonds. The van der Waals surface area contributed by atoms with Gasteiger partial charge in [0.1, 0.15) is 11.2 Å². The first-order valence-electron chi connectivity index (χ1n) is 14.4. The molecule has 0 aliphatic carbocycles. The van der Waals surface area contributed by atoms with Crippen molar-refractivity contribution >= 4 is 54.5 Å². The molecule has 0 unspecified atom stereocenters. The summed E-state index contributed by atoms with van der Waals surface area (Å²) in [6.45, 7) is 0. The van der Waals surface area contributed by atoms with E-state index >= 15 is 0 Å². The van der Waals surface area contributed by atoms with Crippen molar-refractivity contribution in [3.05, 3.63) is 152 Å². The Morgan fingerprint density at radius 1 is 0.381 bits per heavy atom. The Morgan fingerprint density at radius 2 is 1.02 bits per heavy atom. The van der Waals surface area contributed by atoms with Crippen LogP contribution in [0.3, 0.4) is 0 Å². The highest BCUT2D eigenvalue weighted by molar-refractivity contribution is 6.24. The highest BCUT2D eigenvalue weighted by atomic mass is 16.3. The van der Waals surface area contributed by atoms with Gasteiger partial charge in [-0.1, -0.05) is 103 Å². The minimum atomic E-state index is 0.922. The second kappa shape index (κ2) is 8.95. The average molecular weight is 536 g/mol. The number of aromatic nitrogens is 1. The molecule has 2 heterocycles. The van der Waals surface area contributed by atoms with Crippen LogP contribution in [0.5, 0.6) is 0 Å². The van der Waals surface area contributed by atoms with Gasteiger partial charge in [0, 0.05) is 27.2 Å². The van der Waals surface area contributed by atoms with Crippen LogP contribution in [-0.4, -0.2) is 4.57 Å². The Bertz CT molecular complexity index is 2390. The highest BCUT2D eigenvalue weighted by Gasteiger charge is 2.18. The standard InChI is InChI=1S/C40H25NO/c1-3-11-26(12-4-1)29-21-30(27-13-5-2-6-14-27)23-31(22-29)41-36-17-9-7-16-33(36)40-34-25-39-35(24-28(34)19-20-37(40)41)32-15-8-10-18-38(32)42-39/h1-25H. The molecule has 196 valence electrons. The van der Waals surface area contributed by atoms with E-state index in [-0.39, 0.29) is 0 Å². The van der Waals surface area contributed by atoms with Crippen LogP contribution in [0.1, 0.15) is 0 Å². The molecule has 0 saturated heterocycles. The lowest BCUT2D eigenvalue weighted by molar-refractivity contribution is 0.669. The van der Waals surface area contributed by atoms with Crippen molar-refractivity contribution in [2.24, 2.45) is 0 Å². The minimum absolute atomic E-state index is 0.922. The van der Waals surface area contributed by atoms with Gasteiger partial charge in [-0.25, -0.2) is 0 Å². The van der Waals surface area contributed by atoms with E-state index in [1.807, 2.05) is 12.1 Å². The minimum Gasteiger partial charge on any atom is -0.456 e. The largest absolute Gasteiger partial charge is 0.456 e. The first-order chi connectivity index (χ1) is 20.8. The zero-order valence-electron chi connectivity index (χ0n) is 22.8. The second-order valence-corrected chi connectivity index (χ2v) is 11.0. The molecule has 0 spiro atoms. The third kappa shape index (κ3) is 3.45.